The van der Waals surface area contributed by atoms with Crippen molar-refractivity contribution >= 4 is 17.5 Å². The molecule has 1 rings (SSSR count). The minimum Gasteiger partial charge on any atom is -0.361 e. The molecule has 0 aliphatic heterocycles. The van der Waals surface area contributed by atoms with E-state index in [1.54, 1.807) is 0 Å². The third-order valence-electron chi connectivity index (χ3n) is 1.73. The van der Waals surface area contributed by atoms with Crippen LogP contribution in [0.2, 0.25) is 0 Å². The van der Waals surface area contributed by atoms with Crippen LogP contribution in [0.4, 0.5) is 10.1 Å². The van der Waals surface area contributed by atoms with Crippen molar-refractivity contribution in [3.63, 3.8) is 0 Å². The molecular weight excluding hydrogens is 187 g/mol. The van der Waals surface area contributed by atoms with Gasteiger partial charge >= 0.3 is 11.8 Å². The minimum absolute atomic E-state index is 0.409. The van der Waals surface area contributed by atoms with E-state index in [1.165, 1.54) is 31.3 Å². The first-order chi connectivity index (χ1) is 6.52. The fraction of sp³-hybridized carbons (Fsp3) is 0.111. The Morgan fingerprint density at radius 3 is 2.21 bits per heavy atom. The maximum Gasteiger partial charge on any atom is 0.315 e. The van der Waals surface area contributed by atoms with Crippen LogP contribution in [-0.4, -0.2) is 18.9 Å². The van der Waals surface area contributed by atoms with Gasteiger partial charge in [0.25, 0.3) is 0 Å². The largest absolute Gasteiger partial charge is 0.361 e. The molecule has 0 spiro atoms. The molecule has 2 amide bonds. The van der Waals surface area contributed by atoms with Gasteiger partial charge in [-0.25, -0.2) is 4.39 Å². The Balaban J connectivity index is 2.89. The second-order valence-electron chi connectivity index (χ2n) is 2.70. The molecule has 0 fully saturated rings. The van der Waals surface area contributed by atoms with Crippen LogP contribution in [0.5, 0.6) is 0 Å². The van der Waals surface area contributed by atoms with Gasteiger partial charge in [-0.2, -0.15) is 0 Å². The van der Waals surface area contributed by atoms with Crippen LogP contribution in [0, 0.1) is 5.82 Å². The van der Waals surface area contributed by atoms with Gasteiger partial charge in [0.1, 0.15) is 5.82 Å². The summed E-state index contributed by atoms with van der Waals surface area (Å²) in [6.07, 6.45) is 0. The zero-order valence-electron chi connectivity index (χ0n) is 7.53. The van der Waals surface area contributed by atoms with Gasteiger partial charge in [0.15, 0.2) is 0 Å². The number of halogens is 1. The fourth-order valence-corrected chi connectivity index (χ4v) is 0.947. The van der Waals surface area contributed by atoms with E-state index >= 15 is 0 Å². The molecule has 0 bridgehead atoms. The van der Waals surface area contributed by atoms with Crippen LogP contribution in [0.15, 0.2) is 24.3 Å². The Kier molecular flexibility index (Phi) is 2.81. The van der Waals surface area contributed by atoms with Crippen LogP contribution in [0.25, 0.3) is 0 Å². The van der Waals surface area contributed by atoms with E-state index in [2.05, 4.69) is 0 Å². The van der Waals surface area contributed by atoms with Crippen molar-refractivity contribution in [1.29, 1.82) is 0 Å². The maximum atomic E-state index is 12.5. The Morgan fingerprint density at radius 1 is 1.29 bits per heavy atom. The number of rotatable bonds is 1. The number of anilines is 1. The number of carbonyl (C=O) groups excluding carboxylic acids is 2. The van der Waals surface area contributed by atoms with Gasteiger partial charge in [-0.05, 0) is 24.3 Å². The van der Waals surface area contributed by atoms with Gasteiger partial charge in [0.05, 0.1) is 0 Å². The summed E-state index contributed by atoms with van der Waals surface area (Å²) in [5.74, 6) is -2.29. The molecule has 4 nitrogen and oxygen atoms in total. The van der Waals surface area contributed by atoms with Gasteiger partial charge in [-0.3, -0.25) is 9.59 Å². The smallest absolute Gasteiger partial charge is 0.315 e. The number of primary amides is 1. The molecule has 0 aliphatic rings. The predicted molar refractivity (Wildman–Crippen MR) is 49.0 cm³/mol. The second-order valence-corrected chi connectivity index (χ2v) is 2.70. The Hall–Kier alpha value is -1.91. The van der Waals surface area contributed by atoms with Gasteiger partial charge in [0, 0.05) is 12.7 Å². The van der Waals surface area contributed by atoms with Crippen LogP contribution in [-0.2, 0) is 9.59 Å². The third kappa shape index (κ3) is 2.07. The van der Waals surface area contributed by atoms with Crippen molar-refractivity contribution in [3.8, 4) is 0 Å². The monoisotopic (exact) mass is 196 g/mol. The number of benzene rings is 1. The van der Waals surface area contributed by atoms with Crippen molar-refractivity contribution < 1.29 is 14.0 Å². The summed E-state index contributed by atoms with van der Waals surface area (Å²) in [4.78, 5) is 22.7. The van der Waals surface area contributed by atoms with E-state index in [0.717, 1.165) is 4.90 Å². The third-order valence-corrected chi connectivity index (χ3v) is 1.73. The van der Waals surface area contributed by atoms with E-state index < -0.39 is 17.6 Å². The number of carbonyl (C=O) groups is 2. The van der Waals surface area contributed by atoms with Gasteiger partial charge in [-0.15, -0.1) is 0 Å². The molecule has 0 radical (unpaired) electrons. The molecule has 0 saturated heterocycles. The van der Waals surface area contributed by atoms with Crippen LogP contribution >= 0.6 is 0 Å². The van der Waals surface area contributed by atoms with Crippen molar-refractivity contribution in [2.45, 2.75) is 0 Å². The molecule has 0 saturated carbocycles. The average Bonchev–Trinajstić information content (AvgIpc) is 2.16. The molecule has 0 aliphatic carbocycles. The highest BCUT2D eigenvalue weighted by molar-refractivity contribution is 6.39. The molecule has 2 N–H and O–H groups in total. The number of likely N-dealkylation sites (N-methyl/N-ethyl adjacent to an activating group) is 1. The lowest BCUT2D eigenvalue weighted by atomic mass is 10.3. The molecule has 0 unspecified atom stereocenters. The normalized spacial score (nSPS) is 9.57. The Labute approximate surface area is 80.1 Å². The van der Waals surface area contributed by atoms with Crippen LogP contribution < -0.4 is 10.6 Å². The summed E-state index contributed by atoms with van der Waals surface area (Å²) in [6, 6.07) is 5.16. The number of hydrogen-bond acceptors (Lipinski definition) is 2. The van der Waals surface area contributed by atoms with Crippen LogP contribution in [0.1, 0.15) is 0 Å². The first-order valence-corrected chi connectivity index (χ1v) is 3.85. The summed E-state index contributed by atoms with van der Waals surface area (Å²) in [6.45, 7) is 0. The summed E-state index contributed by atoms with van der Waals surface area (Å²) in [5, 5.41) is 0. The number of amides is 2. The molecule has 74 valence electrons. The molecule has 0 heterocycles. The number of hydrogen-bond donors (Lipinski definition) is 1. The standard InChI is InChI=1S/C9H9FN2O2/c1-12(9(14)8(11)13)7-4-2-6(10)3-5-7/h2-5H,1H3,(H2,11,13). The zero-order valence-corrected chi connectivity index (χ0v) is 7.53. The number of nitrogens with two attached hydrogens (primary N) is 1. The highest BCUT2D eigenvalue weighted by Gasteiger charge is 2.15. The molecular formula is C9H9FN2O2. The quantitative estimate of drug-likeness (QED) is 0.655. The lowest BCUT2D eigenvalue weighted by Crippen LogP contribution is -2.37. The molecule has 1 aromatic carbocycles. The van der Waals surface area contributed by atoms with Crippen molar-refractivity contribution in [2.75, 3.05) is 11.9 Å². The summed E-state index contributed by atoms with van der Waals surface area (Å²) < 4.78 is 12.5. The van der Waals surface area contributed by atoms with E-state index in [-0.39, 0.29) is 0 Å². The highest BCUT2D eigenvalue weighted by atomic mass is 19.1. The fourth-order valence-electron chi connectivity index (χ4n) is 0.947. The summed E-state index contributed by atoms with van der Waals surface area (Å²) >= 11 is 0. The topological polar surface area (TPSA) is 63.4 Å². The minimum atomic E-state index is -1.04. The van der Waals surface area contributed by atoms with E-state index in [1.807, 2.05) is 0 Å². The van der Waals surface area contributed by atoms with E-state index in [0.29, 0.717) is 5.69 Å². The highest BCUT2D eigenvalue weighted by Crippen LogP contribution is 2.12. The van der Waals surface area contributed by atoms with Crippen molar-refractivity contribution in [1.82, 2.24) is 0 Å². The van der Waals surface area contributed by atoms with E-state index in [4.69, 9.17) is 5.73 Å². The van der Waals surface area contributed by atoms with Gasteiger partial charge in [0.2, 0.25) is 0 Å². The zero-order chi connectivity index (χ0) is 10.7. The van der Waals surface area contributed by atoms with Crippen molar-refractivity contribution in [2.24, 2.45) is 5.73 Å². The van der Waals surface area contributed by atoms with Crippen LogP contribution in [0.3, 0.4) is 0 Å². The molecule has 14 heavy (non-hydrogen) atoms. The molecule has 0 aromatic heterocycles. The molecule has 0 atom stereocenters. The second kappa shape index (κ2) is 3.87. The van der Waals surface area contributed by atoms with Gasteiger partial charge < -0.3 is 10.6 Å². The molecule has 5 heteroatoms. The average molecular weight is 196 g/mol. The SMILES string of the molecule is CN(C(=O)C(N)=O)c1ccc(F)cc1. The first-order valence-electron chi connectivity index (χ1n) is 3.85. The van der Waals surface area contributed by atoms with Crippen molar-refractivity contribution in [3.05, 3.63) is 30.1 Å². The maximum absolute atomic E-state index is 12.5. The summed E-state index contributed by atoms with van der Waals surface area (Å²) in [5.41, 5.74) is 5.21. The lowest BCUT2D eigenvalue weighted by Gasteiger charge is -2.14. The van der Waals surface area contributed by atoms with Gasteiger partial charge in [-0.1, -0.05) is 0 Å². The Bertz CT molecular complexity index is 362. The predicted octanol–water partition coefficient (Wildman–Crippen LogP) is 0.274. The molecule has 1 aromatic rings. The van der Waals surface area contributed by atoms with E-state index in [9.17, 15) is 14.0 Å². The Morgan fingerprint density at radius 2 is 1.79 bits per heavy atom. The first kappa shape index (κ1) is 10.2. The summed E-state index contributed by atoms with van der Waals surface area (Å²) in [7, 11) is 1.39. The lowest BCUT2D eigenvalue weighted by molar-refractivity contribution is -0.135. The number of nitrogens with zero attached hydrogens (tertiary/aromatic N) is 1.